The summed E-state index contributed by atoms with van der Waals surface area (Å²) in [6.07, 6.45) is 0. The SMILES string of the molecule is C.CC.CC(C)C.c1ccccc1. The molecule has 0 atom stereocenters. The lowest BCUT2D eigenvalue weighted by Crippen LogP contribution is -1.66. The van der Waals surface area contributed by atoms with Crippen LogP contribution >= 0.6 is 0 Å². The van der Waals surface area contributed by atoms with E-state index in [0.717, 1.165) is 5.92 Å². The van der Waals surface area contributed by atoms with Gasteiger partial charge in [-0.15, -0.1) is 0 Å². The fourth-order valence-electron chi connectivity index (χ4n) is 0.385. The monoisotopic (exact) mass is 182 g/mol. The highest BCUT2D eigenvalue weighted by atomic mass is 13.7. The fraction of sp³-hybridized carbons (Fsp3) is 0.538. The molecule has 0 saturated heterocycles. The third kappa shape index (κ3) is 35.0. The van der Waals surface area contributed by atoms with Crippen molar-refractivity contribution in [3.8, 4) is 0 Å². The lowest BCUT2D eigenvalue weighted by Gasteiger charge is -1.79. The molecule has 13 heavy (non-hydrogen) atoms. The van der Waals surface area contributed by atoms with Crippen LogP contribution in [0.1, 0.15) is 42.0 Å². The molecule has 0 unspecified atom stereocenters. The maximum Gasteiger partial charge on any atom is -0.0500 e. The van der Waals surface area contributed by atoms with Crippen LogP contribution in [0.3, 0.4) is 0 Å². The van der Waals surface area contributed by atoms with Crippen molar-refractivity contribution in [2.24, 2.45) is 5.92 Å². The van der Waals surface area contributed by atoms with Crippen LogP contribution in [0.15, 0.2) is 36.4 Å². The summed E-state index contributed by atoms with van der Waals surface area (Å²) >= 11 is 0. The molecule has 0 aliphatic carbocycles. The van der Waals surface area contributed by atoms with Gasteiger partial charge in [0.2, 0.25) is 0 Å². The molecule has 0 heteroatoms. The van der Waals surface area contributed by atoms with E-state index in [2.05, 4.69) is 20.8 Å². The van der Waals surface area contributed by atoms with Crippen LogP contribution in [0, 0.1) is 5.92 Å². The minimum Gasteiger partial charge on any atom is -0.0776 e. The summed E-state index contributed by atoms with van der Waals surface area (Å²) in [6.45, 7) is 10.5. The van der Waals surface area contributed by atoms with Gasteiger partial charge in [-0.2, -0.15) is 0 Å². The number of hydrogen-bond donors (Lipinski definition) is 0. The first-order valence-corrected chi connectivity index (χ1v) is 4.73. The van der Waals surface area contributed by atoms with Crippen LogP contribution in [0.5, 0.6) is 0 Å². The third-order valence-corrected chi connectivity index (χ3v) is 0.667. The van der Waals surface area contributed by atoms with E-state index in [0.29, 0.717) is 0 Å². The Morgan fingerprint density at radius 1 is 0.615 bits per heavy atom. The molecule has 78 valence electrons. The molecule has 1 aromatic rings. The average molecular weight is 182 g/mol. The van der Waals surface area contributed by atoms with E-state index in [4.69, 9.17) is 0 Å². The Balaban J connectivity index is -0.000000128. The molecule has 0 aliphatic heterocycles. The van der Waals surface area contributed by atoms with Gasteiger partial charge in [-0.1, -0.05) is 78.4 Å². The van der Waals surface area contributed by atoms with Crippen molar-refractivity contribution in [2.45, 2.75) is 42.0 Å². The third-order valence-electron chi connectivity index (χ3n) is 0.667. The molecule has 0 saturated carbocycles. The van der Waals surface area contributed by atoms with E-state index in [1.807, 2.05) is 50.2 Å². The quantitative estimate of drug-likeness (QED) is 0.529. The lowest BCUT2D eigenvalue weighted by atomic mass is 10.3. The van der Waals surface area contributed by atoms with Gasteiger partial charge in [0, 0.05) is 0 Å². The molecule has 0 bridgehead atoms. The van der Waals surface area contributed by atoms with Gasteiger partial charge in [0.1, 0.15) is 0 Å². The van der Waals surface area contributed by atoms with Gasteiger partial charge < -0.3 is 0 Å². The highest BCUT2D eigenvalue weighted by molar-refractivity contribution is 4.99. The molecule has 1 rings (SSSR count). The second-order valence-corrected chi connectivity index (χ2v) is 2.89. The first kappa shape index (κ1) is 18.1. The molecule has 0 fully saturated rings. The van der Waals surface area contributed by atoms with Crippen LogP contribution < -0.4 is 0 Å². The van der Waals surface area contributed by atoms with Crippen molar-refractivity contribution in [3.63, 3.8) is 0 Å². The van der Waals surface area contributed by atoms with Crippen molar-refractivity contribution in [1.29, 1.82) is 0 Å². The molecular formula is C13H26. The first-order chi connectivity index (χ1) is 5.73. The van der Waals surface area contributed by atoms with Crippen molar-refractivity contribution in [1.82, 2.24) is 0 Å². The van der Waals surface area contributed by atoms with Gasteiger partial charge in [-0.05, 0) is 5.92 Å². The van der Waals surface area contributed by atoms with Crippen molar-refractivity contribution >= 4 is 0 Å². The smallest absolute Gasteiger partial charge is 0.0500 e. The largest absolute Gasteiger partial charge is 0.0776 e. The molecule has 0 amide bonds. The van der Waals surface area contributed by atoms with Crippen LogP contribution in [-0.4, -0.2) is 0 Å². The maximum atomic E-state index is 2.17. The highest BCUT2D eigenvalue weighted by Crippen LogP contribution is 1.81. The standard InChI is InChI=1S/C6H6.C4H10.C2H6.CH4/c1-2-4-6-5-3-1;1-4(2)3;1-2;/h1-6H;4H,1-3H3;1-2H3;1H4. The molecule has 0 aromatic heterocycles. The summed E-state index contributed by atoms with van der Waals surface area (Å²) in [7, 11) is 0. The second-order valence-electron chi connectivity index (χ2n) is 2.89. The van der Waals surface area contributed by atoms with Gasteiger partial charge in [-0.3, -0.25) is 0 Å². The zero-order valence-corrected chi connectivity index (χ0v) is 9.04. The lowest BCUT2D eigenvalue weighted by molar-refractivity contribution is 0.737. The Bertz CT molecular complexity index is 101. The topological polar surface area (TPSA) is 0 Å². The maximum absolute atomic E-state index is 2.17. The van der Waals surface area contributed by atoms with Crippen LogP contribution in [0.25, 0.3) is 0 Å². The van der Waals surface area contributed by atoms with Gasteiger partial charge in [0.25, 0.3) is 0 Å². The molecule has 0 N–H and O–H groups in total. The predicted octanol–water partition coefficient (Wildman–Crippen LogP) is 5.01. The molecule has 0 heterocycles. The van der Waals surface area contributed by atoms with Gasteiger partial charge in [0.05, 0.1) is 0 Å². The predicted molar refractivity (Wildman–Crippen MR) is 65.0 cm³/mol. The van der Waals surface area contributed by atoms with E-state index in [1.54, 1.807) is 0 Å². The summed E-state index contributed by atoms with van der Waals surface area (Å²) in [4.78, 5) is 0. The fourth-order valence-corrected chi connectivity index (χ4v) is 0.385. The highest BCUT2D eigenvalue weighted by Gasteiger charge is 1.68. The van der Waals surface area contributed by atoms with Crippen molar-refractivity contribution < 1.29 is 0 Å². The van der Waals surface area contributed by atoms with E-state index in [9.17, 15) is 0 Å². The van der Waals surface area contributed by atoms with E-state index >= 15 is 0 Å². The summed E-state index contributed by atoms with van der Waals surface area (Å²) in [5, 5.41) is 0. The summed E-state index contributed by atoms with van der Waals surface area (Å²) in [5.41, 5.74) is 0. The van der Waals surface area contributed by atoms with Crippen LogP contribution in [0.2, 0.25) is 0 Å². The van der Waals surface area contributed by atoms with Gasteiger partial charge in [0.15, 0.2) is 0 Å². The minimum absolute atomic E-state index is 0. The van der Waals surface area contributed by atoms with Gasteiger partial charge >= 0.3 is 0 Å². The summed E-state index contributed by atoms with van der Waals surface area (Å²) in [5.74, 6) is 0.833. The summed E-state index contributed by atoms with van der Waals surface area (Å²) < 4.78 is 0. The summed E-state index contributed by atoms with van der Waals surface area (Å²) in [6, 6.07) is 12.0. The minimum atomic E-state index is 0. The number of rotatable bonds is 0. The average Bonchev–Trinajstić information content (AvgIpc) is 2.10. The molecule has 0 radical (unpaired) electrons. The second kappa shape index (κ2) is 17.3. The zero-order valence-electron chi connectivity index (χ0n) is 9.04. The molecule has 0 nitrogen and oxygen atoms in total. The Labute approximate surface area is 85.0 Å². The number of hydrogen-bond acceptors (Lipinski definition) is 0. The Morgan fingerprint density at radius 3 is 0.769 bits per heavy atom. The Hall–Kier alpha value is -0.780. The van der Waals surface area contributed by atoms with Crippen LogP contribution in [0.4, 0.5) is 0 Å². The van der Waals surface area contributed by atoms with E-state index < -0.39 is 0 Å². The molecule has 0 spiro atoms. The first-order valence-electron chi connectivity index (χ1n) is 4.73. The zero-order chi connectivity index (χ0) is 9.82. The van der Waals surface area contributed by atoms with E-state index in [1.165, 1.54) is 0 Å². The van der Waals surface area contributed by atoms with Crippen molar-refractivity contribution in [2.75, 3.05) is 0 Å². The Kier molecular flexibility index (Phi) is 24.1. The van der Waals surface area contributed by atoms with Crippen molar-refractivity contribution in [3.05, 3.63) is 36.4 Å². The Morgan fingerprint density at radius 2 is 0.692 bits per heavy atom. The van der Waals surface area contributed by atoms with Gasteiger partial charge in [-0.25, -0.2) is 0 Å². The molecule has 0 aliphatic rings. The van der Waals surface area contributed by atoms with E-state index in [-0.39, 0.29) is 7.43 Å². The normalized spacial score (nSPS) is 6.92. The number of benzene rings is 1. The van der Waals surface area contributed by atoms with Crippen LogP contribution in [-0.2, 0) is 0 Å². The molecular weight excluding hydrogens is 156 g/mol. The molecule has 1 aromatic carbocycles.